The molecule has 0 spiro atoms. The van der Waals surface area contributed by atoms with E-state index in [9.17, 15) is 0 Å². The molecule has 0 radical (unpaired) electrons. The van der Waals surface area contributed by atoms with Gasteiger partial charge in [-0.15, -0.1) is 25.5 Å². The van der Waals surface area contributed by atoms with Gasteiger partial charge in [-0.3, -0.25) is 0 Å². The Morgan fingerprint density at radius 1 is 1.27 bits per heavy atom. The first-order chi connectivity index (χ1) is 9.22. The summed E-state index contributed by atoms with van der Waals surface area (Å²) in [4.78, 5) is 0. The lowest BCUT2D eigenvalue weighted by Gasteiger charge is -1.69. The third-order valence-electron chi connectivity index (χ3n) is 1.06. The van der Waals surface area contributed by atoms with Crippen LogP contribution < -0.4 is 0 Å². The molecule has 22 heavy (non-hydrogen) atoms. The van der Waals surface area contributed by atoms with Crippen LogP contribution in [-0.4, -0.2) is 12.7 Å². The van der Waals surface area contributed by atoms with Gasteiger partial charge in [0.1, 0.15) is 0 Å². The molecule has 0 aliphatic carbocycles. The Kier molecular flexibility index (Phi) is 62.6. The molecule has 1 fully saturated rings. The van der Waals surface area contributed by atoms with Crippen molar-refractivity contribution in [3.63, 3.8) is 0 Å². The number of allylic oxidation sites excluding steroid dienone is 3. The van der Waals surface area contributed by atoms with E-state index in [0.717, 1.165) is 13.0 Å². The molecule has 0 amide bonds. The molecular weight excluding hydrogens is 292 g/mol. The Morgan fingerprint density at radius 2 is 1.45 bits per heavy atom. The second kappa shape index (κ2) is 36.9. The maximum Gasteiger partial charge on any atom is 0.0807 e. The molecule has 0 aromatic heterocycles. The Morgan fingerprint density at radius 3 is 1.45 bits per heavy atom. The molecule has 0 saturated carbocycles. The number of ether oxygens (including phenoxy) is 1. The van der Waals surface area contributed by atoms with E-state index < -0.39 is 0 Å². The molecule has 134 valence electrons. The van der Waals surface area contributed by atoms with Crippen molar-refractivity contribution in [3.05, 3.63) is 36.4 Å². The monoisotopic (exact) mass is 332 g/mol. The van der Waals surface area contributed by atoms with E-state index in [2.05, 4.69) is 32.6 Å². The molecule has 0 aromatic rings. The van der Waals surface area contributed by atoms with Crippen molar-refractivity contribution >= 4 is 11.6 Å². The lowest BCUT2D eigenvalue weighted by atomic mass is 10.4. The third-order valence-corrected chi connectivity index (χ3v) is 1.06. The fourth-order valence-corrected chi connectivity index (χ4v) is 0.304. The standard InChI is InChI=1S/C4H8O.C4H8.C4H6.C3H5Cl.C3H6.2CH4/c1-2-4-3-5-4;1-4(2)3;1-3-4-2;1-3(2)4;1-3-2;;/h4H,2-3H2,1H3;1H2,2-3H3;1H,4H2,2H3;1H2,2H3;3H,1H2,2H3;2*1H4. The van der Waals surface area contributed by atoms with Gasteiger partial charge >= 0.3 is 0 Å². The summed E-state index contributed by atoms with van der Waals surface area (Å²) in [6.07, 6.45) is 9.20. The van der Waals surface area contributed by atoms with Gasteiger partial charge in [0.2, 0.25) is 0 Å². The lowest BCUT2D eigenvalue weighted by molar-refractivity contribution is 0.403. The van der Waals surface area contributed by atoms with E-state index >= 15 is 0 Å². The fraction of sp³-hybridized carbons (Fsp3) is 0.600. The molecule has 0 aromatic carbocycles. The molecule has 0 bridgehead atoms. The van der Waals surface area contributed by atoms with Crippen LogP contribution in [0.25, 0.3) is 0 Å². The number of hydrogen-bond donors (Lipinski definition) is 0. The largest absolute Gasteiger partial charge is 0.373 e. The van der Waals surface area contributed by atoms with Crippen molar-refractivity contribution in [2.45, 2.75) is 75.3 Å². The summed E-state index contributed by atoms with van der Waals surface area (Å²) < 4.78 is 4.86. The van der Waals surface area contributed by atoms with E-state index in [-0.39, 0.29) is 14.9 Å². The Hall–Kier alpha value is -0.970. The first-order valence-electron chi connectivity index (χ1n) is 6.78. The third kappa shape index (κ3) is 245. The van der Waals surface area contributed by atoms with E-state index in [1.807, 2.05) is 27.7 Å². The van der Waals surface area contributed by atoms with Gasteiger partial charge in [0.25, 0.3) is 0 Å². The zero-order chi connectivity index (χ0) is 17.0. The summed E-state index contributed by atoms with van der Waals surface area (Å²) in [5, 5.41) is 0.639. The van der Waals surface area contributed by atoms with Crippen LogP contribution in [0.5, 0.6) is 0 Å². The quantitative estimate of drug-likeness (QED) is 0.273. The molecule has 1 atom stereocenters. The number of hydrogen-bond acceptors (Lipinski definition) is 1. The SMILES string of the molecule is C.C.C#CCC.C=C(C)C.C=C(C)Cl.C=CC.CCC1CO1. The molecule has 1 nitrogen and oxygen atoms in total. The molecule has 1 rings (SSSR count). The first kappa shape index (κ1) is 37.3. The van der Waals surface area contributed by atoms with Crippen LogP contribution in [0.4, 0.5) is 0 Å². The van der Waals surface area contributed by atoms with Crippen molar-refractivity contribution in [1.29, 1.82) is 0 Å². The summed E-state index contributed by atoms with van der Waals surface area (Å²) in [5.41, 5.74) is 1.17. The van der Waals surface area contributed by atoms with Gasteiger partial charge in [0.05, 0.1) is 12.7 Å². The van der Waals surface area contributed by atoms with Crippen LogP contribution in [0, 0.1) is 12.3 Å². The highest BCUT2D eigenvalue weighted by molar-refractivity contribution is 6.28. The predicted octanol–water partition coefficient (Wildman–Crippen LogP) is 7.63. The van der Waals surface area contributed by atoms with Gasteiger partial charge in [-0.1, -0.05) is 58.5 Å². The molecule has 2 heteroatoms. The molecule has 1 heterocycles. The van der Waals surface area contributed by atoms with Crippen molar-refractivity contribution in [2.75, 3.05) is 6.61 Å². The van der Waals surface area contributed by atoms with Crippen molar-refractivity contribution in [1.82, 2.24) is 0 Å². The minimum absolute atomic E-state index is 0. The van der Waals surface area contributed by atoms with Gasteiger partial charge in [0.15, 0.2) is 0 Å². The zero-order valence-corrected chi connectivity index (χ0v) is 15.0. The predicted molar refractivity (Wildman–Crippen MR) is 110 cm³/mol. The molecular formula is C20H41ClO. The van der Waals surface area contributed by atoms with Gasteiger partial charge in [-0.05, 0) is 34.1 Å². The minimum atomic E-state index is 0. The summed E-state index contributed by atoms with van der Waals surface area (Å²) in [7, 11) is 0. The van der Waals surface area contributed by atoms with Crippen LogP contribution in [0.2, 0.25) is 0 Å². The Labute approximate surface area is 147 Å². The number of rotatable bonds is 1. The number of epoxide rings is 1. The average Bonchev–Trinajstić information content (AvgIpc) is 3.12. The summed E-state index contributed by atoms with van der Waals surface area (Å²) >= 11 is 5.08. The highest BCUT2D eigenvalue weighted by Gasteiger charge is 2.18. The van der Waals surface area contributed by atoms with Crippen LogP contribution in [0.1, 0.15) is 69.2 Å². The highest BCUT2D eigenvalue weighted by atomic mass is 35.5. The first-order valence-corrected chi connectivity index (χ1v) is 7.16. The summed E-state index contributed by atoms with van der Waals surface area (Å²) in [5.74, 6) is 2.43. The second-order valence-corrected chi connectivity index (χ2v) is 4.86. The molecule has 1 saturated heterocycles. The second-order valence-electron chi connectivity index (χ2n) is 4.21. The number of terminal acetylenes is 1. The summed E-state index contributed by atoms with van der Waals surface area (Å²) in [6, 6.07) is 0. The van der Waals surface area contributed by atoms with Crippen molar-refractivity contribution in [3.8, 4) is 12.3 Å². The Bertz CT molecular complexity index is 237. The average molecular weight is 333 g/mol. The van der Waals surface area contributed by atoms with Crippen LogP contribution in [0.3, 0.4) is 0 Å². The normalized spacial score (nSPS) is 11.6. The van der Waals surface area contributed by atoms with Gasteiger partial charge in [-0.25, -0.2) is 0 Å². The molecule has 1 aliphatic heterocycles. The van der Waals surface area contributed by atoms with Crippen LogP contribution in [-0.2, 0) is 4.74 Å². The lowest BCUT2D eigenvalue weighted by Crippen LogP contribution is -1.73. The van der Waals surface area contributed by atoms with Crippen LogP contribution in [0.15, 0.2) is 36.4 Å². The maximum atomic E-state index is 5.08. The molecule has 1 aliphatic rings. The minimum Gasteiger partial charge on any atom is -0.373 e. The van der Waals surface area contributed by atoms with E-state index in [0.29, 0.717) is 11.1 Å². The topological polar surface area (TPSA) is 12.5 Å². The highest BCUT2D eigenvalue weighted by Crippen LogP contribution is 2.10. The van der Waals surface area contributed by atoms with E-state index in [1.165, 1.54) is 12.0 Å². The van der Waals surface area contributed by atoms with Crippen molar-refractivity contribution < 1.29 is 4.74 Å². The fourth-order valence-electron chi connectivity index (χ4n) is 0.304. The van der Waals surface area contributed by atoms with E-state index in [4.69, 9.17) is 22.8 Å². The van der Waals surface area contributed by atoms with Crippen molar-refractivity contribution in [2.24, 2.45) is 0 Å². The Balaban J connectivity index is -0.0000000360. The van der Waals surface area contributed by atoms with Gasteiger partial charge in [0, 0.05) is 11.5 Å². The number of halogens is 1. The van der Waals surface area contributed by atoms with Gasteiger partial charge in [-0.2, -0.15) is 0 Å². The van der Waals surface area contributed by atoms with E-state index in [1.54, 1.807) is 13.0 Å². The van der Waals surface area contributed by atoms with Gasteiger partial charge < -0.3 is 4.74 Å². The molecule has 1 unspecified atom stereocenters. The van der Waals surface area contributed by atoms with Crippen LogP contribution >= 0.6 is 11.6 Å². The summed E-state index contributed by atoms with van der Waals surface area (Å²) in [6.45, 7) is 22.9. The smallest absolute Gasteiger partial charge is 0.0807 e. The molecule has 0 N–H and O–H groups in total. The maximum absolute atomic E-state index is 5.08. The zero-order valence-electron chi connectivity index (χ0n) is 14.3.